The van der Waals surface area contributed by atoms with Gasteiger partial charge >= 0.3 is 5.97 Å². The van der Waals surface area contributed by atoms with Gasteiger partial charge in [0, 0.05) is 22.8 Å². The first-order valence-corrected chi connectivity index (χ1v) is 10.4. The van der Waals surface area contributed by atoms with E-state index in [1.54, 1.807) is 31.4 Å². The number of esters is 1. The summed E-state index contributed by atoms with van der Waals surface area (Å²) >= 11 is 0. The minimum absolute atomic E-state index is 0.190. The van der Waals surface area contributed by atoms with Crippen molar-refractivity contribution in [2.24, 2.45) is 0 Å². The highest BCUT2D eigenvalue weighted by Crippen LogP contribution is 2.24. The van der Waals surface area contributed by atoms with Crippen molar-refractivity contribution in [2.75, 3.05) is 12.4 Å². The third-order valence-corrected chi connectivity index (χ3v) is 5.14. The monoisotopic (exact) mass is 443 g/mol. The lowest BCUT2D eigenvalue weighted by Crippen LogP contribution is -2.30. The zero-order chi connectivity index (χ0) is 24.0. The number of nitriles is 1. The number of aryl methyl sites for hydroxylation is 1. The number of carbonyl (C=O) groups is 2. The van der Waals surface area contributed by atoms with Gasteiger partial charge in [0.1, 0.15) is 17.4 Å². The largest absolute Gasteiger partial charge is 0.497 e. The van der Waals surface area contributed by atoms with Crippen LogP contribution in [-0.4, -0.2) is 29.7 Å². The molecule has 168 valence electrons. The fourth-order valence-corrected chi connectivity index (χ4v) is 3.40. The van der Waals surface area contributed by atoms with Gasteiger partial charge in [-0.1, -0.05) is 18.2 Å². The molecule has 0 spiro atoms. The predicted molar refractivity (Wildman–Crippen MR) is 126 cm³/mol. The summed E-state index contributed by atoms with van der Waals surface area (Å²) in [6.45, 7) is 5.30. The molecule has 1 aromatic heterocycles. The lowest BCUT2D eigenvalue weighted by Gasteiger charge is -2.13. The Hall–Kier alpha value is -4.31. The van der Waals surface area contributed by atoms with Crippen LogP contribution in [0.5, 0.6) is 5.75 Å². The van der Waals surface area contributed by atoms with E-state index < -0.39 is 18.0 Å². The van der Waals surface area contributed by atoms with Crippen molar-refractivity contribution in [3.63, 3.8) is 0 Å². The summed E-state index contributed by atoms with van der Waals surface area (Å²) in [7, 11) is 1.61. The molecule has 3 rings (SSSR count). The summed E-state index contributed by atoms with van der Waals surface area (Å²) in [6.07, 6.45) is 0.410. The average molecular weight is 444 g/mol. The van der Waals surface area contributed by atoms with Crippen LogP contribution in [0.1, 0.15) is 23.9 Å². The minimum Gasteiger partial charge on any atom is -0.497 e. The number of hydrogen-bond donors (Lipinski definition) is 1. The number of anilines is 1. The van der Waals surface area contributed by atoms with Gasteiger partial charge in [-0.3, -0.25) is 4.79 Å². The summed E-state index contributed by atoms with van der Waals surface area (Å²) in [6, 6.07) is 20.2. The molecular formula is C26H25N3O4. The number of para-hydroxylation sites is 1. The Morgan fingerprint density at radius 1 is 1.09 bits per heavy atom. The molecule has 1 heterocycles. The van der Waals surface area contributed by atoms with Gasteiger partial charge in [0.2, 0.25) is 0 Å². The molecule has 0 saturated carbocycles. The molecule has 1 unspecified atom stereocenters. The van der Waals surface area contributed by atoms with Gasteiger partial charge in [0.05, 0.1) is 7.11 Å². The number of hydrogen-bond acceptors (Lipinski definition) is 5. The Morgan fingerprint density at radius 3 is 2.36 bits per heavy atom. The minimum atomic E-state index is -1.07. The Morgan fingerprint density at radius 2 is 1.76 bits per heavy atom. The quantitative estimate of drug-likeness (QED) is 0.328. The van der Waals surface area contributed by atoms with Crippen molar-refractivity contribution in [1.29, 1.82) is 5.26 Å². The van der Waals surface area contributed by atoms with E-state index in [-0.39, 0.29) is 5.57 Å². The Balaban J connectivity index is 1.77. The fourth-order valence-electron chi connectivity index (χ4n) is 3.40. The van der Waals surface area contributed by atoms with Crippen LogP contribution in [0.2, 0.25) is 0 Å². The van der Waals surface area contributed by atoms with Gasteiger partial charge in [-0.2, -0.15) is 5.26 Å². The van der Waals surface area contributed by atoms with Crippen molar-refractivity contribution < 1.29 is 19.1 Å². The summed E-state index contributed by atoms with van der Waals surface area (Å²) < 4.78 is 12.5. The van der Waals surface area contributed by atoms with Crippen LogP contribution in [-0.2, 0) is 14.3 Å². The normalized spacial score (nSPS) is 11.9. The number of nitrogens with one attached hydrogen (secondary N) is 1. The molecule has 0 fully saturated rings. The fraction of sp³-hybridized carbons (Fsp3) is 0.192. The van der Waals surface area contributed by atoms with Crippen LogP contribution >= 0.6 is 0 Å². The average Bonchev–Trinajstić information content (AvgIpc) is 3.10. The third-order valence-electron chi connectivity index (χ3n) is 5.14. The van der Waals surface area contributed by atoms with E-state index in [0.29, 0.717) is 11.3 Å². The molecule has 0 radical (unpaired) electrons. The molecule has 7 heteroatoms. The molecule has 33 heavy (non-hydrogen) atoms. The van der Waals surface area contributed by atoms with Crippen LogP contribution in [0, 0.1) is 25.2 Å². The molecule has 0 aliphatic rings. The van der Waals surface area contributed by atoms with Crippen LogP contribution in [0.15, 0.2) is 66.2 Å². The van der Waals surface area contributed by atoms with E-state index >= 15 is 0 Å². The first-order chi connectivity index (χ1) is 15.8. The van der Waals surface area contributed by atoms with Crippen molar-refractivity contribution in [3.8, 4) is 17.5 Å². The molecule has 1 amide bonds. The molecule has 2 aromatic carbocycles. The van der Waals surface area contributed by atoms with Gasteiger partial charge in [-0.25, -0.2) is 4.79 Å². The molecular weight excluding hydrogens is 418 g/mol. The topological polar surface area (TPSA) is 93.3 Å². The highest BCUT2D eigenvalue weighted by Gasteiger charge is 2.21. The number of nitrogens with zero attached hydrogens (tertiary/aromatic N) is 2. The van der Waals surface area contributed by atoms with Crippen LogP contribution in [0.25, 0.3) is 11.8 Å². The molecule has 7 nitrogen and oxygen atoms in total. The summed E-state index contributed by atoms with van der Waals surface area (Å²) in [5.74, 6) is -0.590. The maximum atomic E-state index is 12.6. The van der Waals surface area contributed by atoms with Crippen LogP contribution < -0.4 is 10.1 Å². The van der Waals surface area contributed by atoms with E-state index in [1.807, 2.05) is 60.9 Å². The van der Waals surface area contributed by atoms with Crippen LogP contribution in [0.4, 0.5) is 5.69 Å². The Labute approximate surface area is 192 Å². The lowest BCUT2D eigenvalue weighted by molar-refractivity contribution is -0.148. The number of ether oxygens (including phenoxy) is 2. The second-order valence-electron chi connectivity index (χ2n) is 7.43. The molecule has 0 bridgehead atoms. The highest BCUT2D eigenvalue weighted by molar-refractivity contribution is 6.01. The highest BCUT2D eigenvalue weighted by atomic mass is 16.5. The second-order valence-corrected chi connectivity index (χ2v) is 7.43. The van der Waals surface area contributed by atoms with E-state index in [0.717, 1.165) is 22.8 Å². The molecule has 1 atom stereocenters. The number of rotatable bonds is 7. The number of amides is 1. The maximum Gasteiger partial charge on any atom is 0.349 e. The maximum absolute atomic E-state index is 12.6. The van der Waals surface area contributed by atoms with Gasteiger partial charge in [-0.15, -0.1) is 0 Å². The van der Waals surface area contributed by atoms with Crippen molar-refractivity contribution in [1.82, 2.24) is 4.57 Å². The third kappa shape index (κ3) is 5.49. The number of methoxy groups -OCH3 is 1. The summed E-state index contributed by atoms with van der Waals surface area (Å²) in [5.41, 5.74) is 3.82. The Bertz CT molecular complexity index is 1220. The molecule has 0 aliphatic carbocycles. The zero-order valence-electron chi connectivity index (χ0n) is 19.0. The standard InChI is InChI=1S/C26H25N3O4/c1-17-14-20(18(2)29(17)23-10-12-24(32-4)13-11-23)15-21(16-27)26(31)33-19(3)25(30)28-22-8-6-5-7-9-22/h5-15,19H,1-4H3,(H,28,30)/b21-15+. The zero-order valence-corrected chi connectivity index (χ0v) is 19.0. The van der Waals surface area contributed by atoms with Crippen molar-refractivity contribution in [2.45, 2.75) is 26.9 Å². The second kappa shape index (κ2) is 10.3. The van der Waals surface area contributed by atoms with E-state index in [1.165, 1.54) is 13.0 Å². The predicted octanol–water partition coefficient (Wildman–Crippen LogP) is 4.58. The van der Waals surface area contributed by atoms with Gasteiger partial charge in [-0.05, 0) is 74.9 Å². The number of benzene rings is 2. The van der Waals surface area contributed by atoms with E-state index in [4.69, 9.17) is 9.47 Å². The van der Waals surface area contributed by atoms with Crippen LogP contribution in [0.3, 0.4) is 0 Å². The van der Waals surface area contributed by atoms with Gasteiger partial charge in [0.25, 0.3) is 5.91 Å². The molecule has 0 aliphatic heterocycles. The first kappa shape index (κ1) is 23.4. The molecule has 3 aromatic rings. The molecule has 0 saturated heterocycles. The first-order valence-electron chi connectivity index (χ1n) is 10.4. The molecule has 1 N–H and O–H groups in total. The summed E-state index contributed by atoms with van der Waals surface area (Å²) in [5, 5.41) is 12.2. The number of carbonyl (C=O) groups excluding carboxylic acids is 2. The number of aromatic nitrogens is 1. The van der Waals surface area contributed by atoms with E-state index in [2.05, 4.69) is 5.32 Å². The summed E-state index contributed by atoms with van der Waals surface area (Å²) in [4.78, 5) is 24.9. The van der Waals surface area contributed by atoms with E-state index in [9.17, 15) is 14.9 Å². The lowest BCUT2D eigenvalue weighted by atomic mass is 10.1. The smallest absolute Gasteiger partial charge is 0.349 e. The van der Waals surface area contributed by atoms with Gasteiger partial charge < -0.3 is 19.4 Å². The Kier molecular flexibility index (Phi) is 7.31. The SMILES string of the molecule is COc1ccc(-n2c(C)cc(/C=C(\C#N)C(=O)OC(C)C(=O)Nc3ccccc3)c2C)cc1. The van der Waals surface area contributed by atoms with Crippen molar-refractivity contribution >= 4 is 23.6 Å². The van der Waals surface area contributed by atoms with Gasteiger partial charge in [0.15, 0.2) is 6.10 Å². The van der Waals surface area contributed by atoms with Crippen molar-refractivity contribution in [3.05, 3.63) is 83.2 Å².